The minimum Gasteiger partial charge on any atom is -0.321 e. The lowest BCUT2D eigenvalue weighted by Crippen LogP contribution is -2.24. The van der Waals surface area contributed by atoms with Crippen LogP contribution in [-0.2, 0) is 4.79 Å². The van der Waals surface area contributed by atoms with Crippen LogP contribution in [0, 0.1) is 6.92 Å². The molecule has 2 heterocycles. The smallest absolute Gasteiger partial charge is 0.258 e. The summed E-state index contributed by atoms with van der Waals surface area (Å²) < 4.78 is 0. The number of fused-ring (bicyclic) bond motifs is 1. The molecule has 5 rings (SSSR count). The van der Waals surface area contributed by atoms with E-state index in [1.807, 2.05) is 67.6 Å². The van der Waals surface area contributed by atoms with Crippen molar-refractivity contribution in [2.45, 2.75) is 26.3 Å². The Bertz CT molecular complexity index is 1470. The molecule has 0 bridgehead atoms. The van der Waals surface area contributed by atoms with Gasteiger partial charge in [-0.15, -0.1) is 0 Å². The van der Waals surface area contributed by atoms with Crippen LogP contribution >= 0.6 is 11.6 Å². The standard InChI is InChI=1S/C27H22ClN3O2/c1-16-11-12-22-21(13-16)25(18-7-4-3-5-8-18)26(27(33)29-22)23-15-24(31(30-23)17(2)32)19-9-6-10-20(28)14-19/h3-14,24H,15H2,1-2H3,(H,29,33). The molecule has 0 spiro atoms. The van der Waals surface area contributed by atoms with Crippen molar-refractivity contribution in [3.8, 4) is 11.1 Å². The zero-order valence-corrected chi connectivity index (χ0v) is 19.1. The lowest BCUT2D eigenvalue weighted by molar-refractivity contribution is -0.130. The molecule has 164 valence electrons. The molecule has 1 unspecified atom stereocenters. The number of halogens is 1. The topological polar surface area (TPSA) is 65.5 Å². The summed E-state index contributed by atoms with van der Waals surface area (Å²) in [5.74, 6) is -0.190. The van der Waals surface area contributed by atoms with Crippen molar-refractivity contribution in [2.24, 2.45) is 5.10 Å². The van der Waals surface area contributed by atoms with Crippen LogP contribution in [0.2, 0.25) is 5.02 Å². The fourth-order valence-corrected chi connectivity index (χ4v) is 4.71. The second kappa shape index (κ2) is 8.34. The number of carbonyl (C=O) groups excluding carboxylic acids is 1. The maximum atomic E-state index is 13.4. The quantitative estimate of drug-likeness (QED) is 0.420. The third-order valence-electron chi connectivity index (χ3n) is 5.99. The Balaban J connectivity index is 1.75. The van der Waals surface area contributed by atoms with Crippen LogP contribution < -0.4 is 5.56 Å². The number of rotatable bonds is 3. The second-order valence-corrected chi connectivity index (χ2v) is 8.74. The van der Waals surface area contributed by atoms with E-state index in [1.165, 1.54) is 11.9 Å². The van der Waals surface area contributed by atoms with E-state index in [0.29, 0.717) is 22.7 Å². The van der Waals surface area contributed by atoms with Crippen LogP contribution in [0.5, 0.6) is 0 Å². The van der Waals surface area contributed by atoms with E-state index in [4.69, 9.17) is 11.6 Å². The number of hydrogen-bond acceptors (Lipinski definition) is 3. The first-order chi connectivity index (χ1) is 15.9. The molecule has 1 N–H and O–H groups in total. The molecule has 6 heteroatoms. The van der Waals surface area contributed by atoms with Gasteiger partial charge in [0.05, 0.1) is 17.3 Å². The molecule has 1 aliphatic heterocycles. The van der Waals surface area contributed by atoms with Gasteiger partial charge >= 0.3 is 0 Å². The van der Waals surface area contributed by atoms with Gasteiger partial charge in [-0.05, 0) is 42.3 Å². The molecule has 3 aromatic carbocycles. The largest absolute Gasteiger partial charge is 0.321 e. The number of aromatic nitrogens is 1. The molecule has 4 aromatic rings. The second-order valence-electron chi connectivity index (χ2n) is 8.30. The predicted molar refractivity (Wildman–Crippen MR) is 133 cm³/mol. The summed E-state index contributed by atoms with van der Waals surface area (Å²) in [7, 11) is 0. The highest BCUT2D eigenvalue weighted by molar-refractivity contribution is 6.30. The number of aromatic amines is 1. The van der Waals surface area contributed by atoms with Gasteiger partial charge in [0.25, 0.3) is 5.56 Å². The van der Waals surface area contributed by atoms with Crippen LogP contribution in [-0.4, -0.2) is 21.6 Å². The fraction of sp³-hybridized carbons (Fsp3) is 0.148. The summed E-state index contributed by atoms with van der Waals surface area (Å²) in [4.78, 5) is 28.9. The minimum atomic E-state index is -0.326. The molecule has 1 amide bonds. The highest BCUT2D eigenvalue weighted by atomic mass is 35.5. The number of H-pyrrole nitrogens is 1. The number of hydrazone groups is 1. The molecular weight excluding hydrogens is 434 g/mol. The van der Waals surface area contributed by atoms with Crippen molar-refractivity contribution < 1.29 is 4.79 Å². The van der Waals surface area contributed by atoms with Crippen molar-refractivity contribution in [1.29, 1.82) is 0 Å². The van der Waals surface area contributed by atoms with E-state index < -0.39 is 0 Å². The van der Waals surface area contributed by atoms with E-state index >= 15 is 0 Å². The monoisotopic (exact) mass is 455 g/mol. The first-order valence-corrected chi connectivity index (χ1v) is 11.2. The molecule has 0 saturated heterocycles. The number of nitrogens with one attached hydrogen (secondary N) is 1. The van der Waals surface area contributed by atoms with Gasteiger partial charge in [-0.3, -0.25) is 9.59 Å². The number of benzene rings is 3. The maximum absolute atomic E-state index is 13.4. The van der Waals surface area contributed by atoms with Gasteiger partial charge in [0.2, 0.25) is 5.91 Å². The lowest BCUT2D eigenvalue weighted by atomic mass is 9.90. The normalized spacial score (nSPS) is 15.7. The summed E-state index contributed by atoms with van der Waals surface area (Å²) in [5.41, 5.74) is 5.35. The summed E-state index contributed by atoms with van der Waals surface area (Å²) in [6, 6.07) is 22.9. The van der Waals surface area contributed by atoms with Crippen LogP contribution in [0.25, 0.3) is 22.0 Å². The molecule has 1 aromatic heterocycles. The Morgan fingerprint density at radius 1 is 1.03 bits per heavy atom. The zero-order valence-electron chi connectivity index (χ0n) is 18.3. The van der Waals surface area contributed by atoms with Crippen molar-refractivity contribution in [3.05, 3.63) is 105 Å². The average Bonchev–Trinajstić information content (AvgIpc) is 3.24. The number of hydrogen-bond donors (Lipinski definition) is 1. The van der Waals surface area contributed by atoms with Crippen LogP contribution in [0.3, 0.4) is 0 Å². The van der Waals surface area contributed by atoms with Gasteiger partial charge in [0.1, 0.15) is 0 Å². The van der Waals surface area contributed by atoms with E-state index in [0.717, 1.165) is 33.2 Å². The number of amides is 1. The van der Waals surface area contributed by atoms with Gasteiger partial charge in [0.15, 0.2) is 0 Å². The number of carbonyl (C=O) groups is 1. The van der Waals surface area contributed by atoms with Crippen molar-refractivity contribution in [3.63, 3.8) is 0 Å². The Labute approximate surface area is 196 Å². The Hall–Kier alpha value is -3.70. The Morgan fingerprint density at radius 2 is 1.82 bits per heavy atom. The minimum absolute atomic E-state index is 0.190. The SMILES string of the molecule is CC(=O)N1N=C(c2c(-c3ccccc3)c3cc(C)ccc3[nH]c2=O)CC1c1cccc(Cl)c1. The zero-order chi connectivity index (χ0) is 23.1. The predicted octanol–water partition coefficient (Wildman–Crippen LogP) is 5.85. The summed E-state index contributed by atoms with van der Waals surface area (Å²) in [6.45, 7) is 3.51. The van der Waals surface area contributed by atoms with Crippen molar-refractivity contribution >= 4 is 34.1 Å². The van der Waals surface area contributed by atoms with Crippen LogP contribution in [0.1, 0.15) is 36.1 Å². The number of nitrogens with zero attached hydrogens (tertiary/aromatic N) is 2. The molecule has 0 aliphatic carbocycles. The Morgan fingerprint density at radius 3 is 2.55 bits per heavy atom. The van der Waals surface area contributed by atoms with Gasteiger partial charge in [-0.2, -0.15) is 5.10 Å². The first kappa shape index (κ1) is 21.2. The maximum Gasteiger partial charge on any atom is 0.258 e. The third kappa shape index (κ3) is 3.85. The molecular formula is C27H22ClN3O2. The van der Waals surface area contributed by atoms with Gasteiger partial charge < -0.3 is 4.98 Å². The van der Waals surface area contributed by atoms with E-state index in [1.54, 1.807) is 6.07 Å². The van der Waals surface area contributed by atoms with Gasteiger partial charge in [0, 0.05) is 34.8 Å². The molecule has 1 atom stereocenters. The molecule has 33 heavy (non-hydrogen) atoms. The summed E-state index contributed by atoms with van der Waals surface area (Å²) in [6.07, 6.45) is 0.417. The van der Waals surface area contributed by atoms with E-state index in [-0.39, 0.29) is 17.5 Å². The number of pyridine rings is 1. The molecule has 0 saturated carbocycles. The summed E-state index contributed by atoms with van der Waals surface area (Å²) in [5, 5.41) is 7.65. The molecule has 5 nitrogen and oxygen atoms in total. The van der Waals surface area contributed by atoms with E-state index in [2.05, 4.69) is 16.2 Å². The highest BCUT2D eigenvalue weighted by Crippen LogP contribution is 2.37. The van der Waals surface area contributed by atoms with Crippen LogP contribution in [0.4, 0.5) is 0 Å². The van der Waals surface area contributed by atoms with Crippen molar-refractivity contribution in [1.82, 2.24) is 9.99 Å². The van der Waals surface area contributed by atoms with Gasteiger partial charge in [-0.1, -0.05) is 65.7 Å². The van der Waals surface area contributed by atoms with Crippen molar-refractivity contribution in [2.75, 3.05) is 0 Å². The fourth-order valence-electron chi connectivity index (χ4n) is 4.51. The Kier molecular flexibility index (Phi) is 5.35. The van der Waals surface area contributed by atoms with Crippen LogP contribution in [0.15, 0.2) is 82.7 Å². The molecule has 1 aliphatic rings. The molecule has 0 fully saturated rings. The first-order valence-electron chi connectivity index (χ1n) is 10.8. The average molecular weight is 456 g/mol. The molecule has 0 radical (unpaired) electrons. The number of aryl methyl sites for hydroxylation is 1. The third-order valence-corrected chi connectivity index (χ3v) is 6.22. The van der Waals surface area contributed by atoms with Gasteiger partial charge in [-0.25, -0.2) is 5.01 Å². The summed E-state index contributed by atoms with van der Waals surface area (Å²) >= 11 is 6.22. The van der Waals surface area contributed by atoms with E-state index in [9.17, 15) is 9.59 Å². The lowest BCUT2D eigenvalue weighted by Gasteiger charge is -2.20. The highest BCUT2D eigenvalue weighted by Gasteiger charge is 2.34.